The molecule has 0 aromatic heterocycles. The van der Waals surface area contributed by atoms with Crippen LogP contribution in [0.3, 0.4) is 0 Å². The van der Waals surface area contributed by atoms with Gasteiger partial charge in [-0.25, -0.2) is 0 Å². The maximum atomic E-state index is 12.0. The Morgan fingerprint density at radius 1 is 1.44 bits per heavy atom. The standard InChI is InChI=1S/C12H22ClNO2/c1-9(2)11(3-6-13)14-12(15)10-4-7-16-8-5-10/h9-11H,3-8H2,1-2H3,(H,14,15). The summed E-state index contributed by atoms with van der Waals surface area (Å²) in [5.41, 5.74) is 0. The highest BCUT2D eigenvalue weighted by Crippen LogP contribution is 2.16. The summed E-state index contributed by atoms with van der Waals surface area (Å²) >= 11 is 5.74. The van der Waals surface area contributed by atoms with Crippen LogP contribution in [0.4, 0.5) is 0 Å². The summed E-state index contributed by atoms with van der Waals surface area (Å²) in [6.07, 6.45) is 2.53. The topological polar surface area (TPSA) is 38.3 Å². The van der Waals surface area contributed by atoms with Crippen LogP contribution in [-0.4, -0.2) is 31.0 Å². The van der Waals surface area contributed by atoms with Crippen LogP contribution in [0.5, 0.6) is 0 Å². The van der Waals surface area contributed by atoms with Crippen LogP contribution >= 0.6 is 11.6 Å². The lowest BCUT2D eigenvalue weighted by Crippen LogP contribution is -2.43. The molecule has 1 fully saturated rings. The average molecular weight is 248 g/mol. The Morgan fingerprint density at radius 2 is 2.06 bits per heavy atom. The molecule has 1 amide bonds. The number of alkyl halides is 1. The lowest BCUT2D eigenvalue weighted by Gasteiger charge is -2.26. The molecule has 94 valence electrons. The molecule has 0 aromatic carbocycles. The Kier molecular flexibility index (Phi) is 6.14. The van der Waals surface area contributed by atoms with Crippen LogP contribution in [-0.2, 0) is 9.53 Å². The fourth-order valence-corrected chi connectivity index (χ4v) is 2.19. The van der Waals surface area contributed by atoms with E-state index in [1.165, 1.54) is 0 Å². The summed E-state index contributed by atoms with van der Waals surface area (Å²) in [4.78, 5) is 12.0. The molecule has 1 rings (SSSR count). The van der Waals surface area contributed by atoms with Gasteiger partial charge in [0.15, 0.2) is 0 Å². The molecule has 1 N–H and O–H groups in total. The molecule has 0 radical (unpaired) electrons. The molecular weight excluding hydrogens is 226 g/mol. The highest BCUT2D eigenvalue weighted by atomic mass is 35.5. The Morgan fingerprint density at radius 3 is 2.56 bits per heavy atom. The average Bonchev–Trinajstić information content (AvgIpc) is 2.29. The van der Waals surface area contributed by atoms with Crippen molar-refractivity contribution in [1.29, 1.82) is 0 Å². The largest absolute Gasteiger partial charge is 0.381 e. The van der Waals surface area contributed by atoms with E-state index in [9.17, 15) is 4.79 Å². The van der Waals surface area contributed by atoms with Crippen molar-refractivity contribution >= 4 is 17.5 Å². The number of hydrogen-bond donors (Lipinski definition) is 1. The summed E-state index contributed by atoms with van der Waals surface area (Å²) in [6, 6.07) is 0.202. The maximum Gasteiger partial charge on any atom is 0.223 e. The van der Waals surface area contributed by atoms with E-state index in [-0.39, 0.29) is 17.9 Å². The van der Waals surface area contributed by atoms with Crippen molar-refractivity contribution in [3.8, 4) is 0 Å². The van der Waals surface area contributed by atoms with Crippen LogP contribution in [0.2, 0.25) is 0 Å². The van der Waals surface area contributed by atoms with Crippen LogP contribution in [0, 0.1) is 11.8 Å². The third kappa shape index (κ3) is 4.30. The quantitative estimate of drug-likeness (QED) is 0.757. The van der Waals surface area contributed by atoms with Gasteiger partial charge in [0.2, 0.25) is 5.91 Å². The van der Waals surface area contributed by atoms with Crippen molar-refractivity contribution in [3.63, 3.8) is 0 Å². The highest BCUT2D eigenvalue weighted by Gasteiger charge is 2.24. The normalized spacial score (nSPS) is 19.8. The number of nitrogens with one attached hydrogen (secondary N) is 1. The zero-order valence-corrected chi connectivity index (χ0v) is 10.9. The van der Waals surface area contributed by atoms with Crippen LogP contribution in [0.25, 0.3) is 0 Å². The highest BCUT2D eigenvalue weighted by molar-refractivity contribution is 6.17. The number of carbonyl (C=O) groups is 1. The second-order valence-corrected chi connectivity index (χ2v) is 5.10. The predicted octanol–water partition coefficient (Wildman–Crippen LogP) is 2.18. The maximum absolute atomic E-state index is 12.0. The molecule has 16 heavy (non-hydrogen) atoms. The van der Waals surface area contributed by atoms with Gasteiger partial charge in [-0.05, 0) is 25.2 Å². The van der Waals surface area contributed by atoms with E-state index in [4.69, 9.17) is 16.3 Å². The first-order valence-corrected chi connectivity index (χ1v) is 6.62. The summed E-state index contributed by atoms with van der Waals surface area (Å²) in [5.74, 6) is 1.33. The van der Waals surface area contributed by atoms with E-state index in [1.54, 1.807) is 0 Å². The Labute approximate surface area is 103 Å². The molecule has 0 saturated carbocycles. The summed E-state index contributed by atoms with van der Waals surface area (Å²) in [6.45, 7) is 5.64. The van der Waals surface area contributed by atoms with Gasteiger partial charge in [0.25, 0.3) is 0 Å². The molecule has 1 unspecified atom stereocenters. The summed E-state index contributed by atoms with van der Waals surface area (Å²) in [7, 11) is 0. The second kappa shape index (κ2) is 7.13. The monoisotopic (exact) mass is 247 g/mol. The van der Waals surface area contributed by atoms with Gasteiger partial charge in [-0.2, -0.15) is 0 Å². The van der Waals surface area contributed by atoms with E-state index in [1.807, 2.05) is 0 Å². The SMILES string of the molecule is CC(C)C(CCCl)NC(=O)C1CCOCC1. The molecule has 1 heterocycles. The fourth-order valence-electron chi connectivity index (χ4n) is 1.95. The van der Waals surface area contributed by atoms with Gasteiger partial charge in [-0.3, -0.25) is 4.79 Å². The lowest BCUT2D eigenvalue weighted by molar-refractivity contribution is -0.128. The fraction of sp³-hybridized carbons (Fsp3) is 0.917. The van der Waals surface area contributed by atoms with E-state index < -0.39 is 0 Å². The predicted molar refractivity (Wildman–Crippen MR) is 65.6 cm³/mol. The number of carbonyl (C=O) groups excluding carboxylic acids is 1. The number of rotatable bonds is 5. The van der Waals surface area contributed by atoms with Gasteiger partial charge in [-0.1, -0.05) is 13.8 Å². The smallest absolute Gasteiger partial charge is 0.223 e. The third-order valence-corrected chi connectivity index (χ3v) is 3.36. The molecular formula is C12H22ClNO2. The minimum absolute atomic E-state index is 0.130. The minimum Gasteiger partial charge on any atom is -0.381 e. The van der Waals surface area contributed by atoms with Crippen molar-refractivity contribution in [2.24, 2.45) is 11.8 Å². The molecule has 3 nitrogen and oxygen atoms in total. The summed E-state index contributed by atoms with van der Waals surface area (Å²) < 4.78 is 5.25. The molecule has 1 aliphatic rings. The molecule has 0 aromatic rings. The Hall–Kier alpha value is -0.280. The Balaban J connectivity index is 2.40. The van der Waals surface area contributed by atoms with Gasteiger partial charge in [-0.15, -0.1) is 11.6 Å². The number of hydrogen-bond acceptors (Lipinski definition) is 2. The first kappa shape index (κ1) is 13.8. The van der Waals surface area contributed by atoms with Crippen molar-refractivity contribution in [3.05, 3.63) is 0 Å². The summed E-state index contributed by atoms with van der Waals surface area (Å²) in [5, 5.41) is 3.11. The number of amides is 1. The first-order chi connectivity index (χ1) is 7.65. The number of halogens is 1. The number of ether oxygens (including phenoxy) is 1. The Bertz CT molecular complexity index is 215. The van der Waals surface area contributed by atoms with Crippen LogP contribution < -0.4 is 5.32 Å². The third-order valence-electron chi connectivity index (χ3n) is 3.14. The van der Waals surface area contributed by atoms with Gasteiger partial charge in [0.05, 0.1) is 0 Å². The minimum atomic E-state index is 0.130. The zero-order chi connectivity index (χ0) is 12.0. The van der Waals surface area contributed by atoms with Gasteiger partial charge in [0, 0.05) is 31.1 Å². The molecule has 0 bridgehead atoms. The van der Waals surface area contributed by atoms with Crippen LogP contribution in [0.1, 0.15) is 33.1 Å². The molecule has 0 spiro atoms. The van der Waals surface area contributed by atoms with E-state index >= 15 is 0 Å². The van der Waals surface area contributed by atoms with Crippen molar-refractivity contribution in [2.45, 2.75) is 39.2 Å². The van der Waals surface area contributed by atoms with Gasteiger partial charge in [0.1, 0.15) is 0 Å². The first-order valence-electron chi connectivity index (χ1n) is 6.09. The van der Waals surface area contributed by atoms with Gasteiger partial charge < -0.3 is 10.1 Å². The van der Waals surface area contributed by atoms with E-state index in [0.717, 1.165) is 19.3 Å². The molecule has 1 atom stereocenters. The van der Waals surface area contributed by atoms with Crippen molar-refractivity contribution in [2.75, 3.05) is 19.1 Å². The zero-order valence-electron chi connectivity index (χ0n) is 10.2. The van der Waals surface area contributed by atoms with Crippen LogP contribution in [0.15, 0.2) is 0 Å². The molecule has 1 aliphatic heterocycles. The second-order valence-electron chi connectivity index (χ2n) is 4.72. The van der Waals surface area contributed by atoms with Crippen molar-refractivity contribution < 1.29 is 9.53 Å². The van der Waals surface area contributed by atoms with E-state index in [2.05, 4.69) is 19.2 Å². The lowest BCUT2D eigenvalue weighted by atomic mass is 9.96. The van der Waals surface area contributed by atoms with Gasteiger partial charge >= 0.3 is 0 Å². The molecule has 1 saturated heterocycles. The molecule has 0 aliphatic carbocycles. The molecule has 4 heteroatoms. The van der Waals surface area contributed by atoms with E-state index in [0.29, 0.717) is 25.0 Å². The van der Waals surface area contributed by atoms with Crippen molar-refractivity contribution in [1.82, 2.24) is 5.32 Å².